The van der Waals surface area contributed by atoms with Crippen LogP contribution >= 0.6 is 0 Å². The molecule has 0 radical (unpaired) electrons. The van der Waals surface area contributed by atoms with Gasteiger partial charge in [-0.05, 0) is 30.2 Å². The minimum absolute atomic E-state index is 0.409. The highest BCUT2D eigenvalue weighted by Gasteiger charge is 2.57. The highest BCUT2D eigenvalue weighted by atomic mass is 14.5. The Morgan fingerprint density at radius 3 is 2.29 bits per heavy atom. The van der Waals surface area contributed by atoms with E-state index in [0.717, 1.165) is 6.42 Å². The third kappa shape index (κ3) is 3.14. The second kappa shape index (κ2) is 6.55. The van der Waals surface area contributed by atoms with E-state index in [9.17, 15) is 0 Å². The molecule has 0 saturated heterocycles. The number of benzene rings is 2. The molecule has 2 atom stereocenters. The summed E-state index contributed by atoms with van der Waals surface area (Å²) in [7, 11) is 0. The van der Waals surface area contributed by atoms with Crippen LogP contribution in [0.1, 0.15) is 43.2 Å². The van der Waals surface area contributed by atoms with E-state index < -0.39 is 0 Å². The molecule has 0 aliphatic heterocycles. The van der Waals surface area contributed by atoms with E-state index >= 15 is 0 Å². The van der Waals surface area contributed by atoms with Crippen LogP contribution in [0.4, 0.5) is 0 Å². The molecule has 0 nitrogen and oxygen atoms in total. The van der Waals surface area contributed by atoms with Crippen LogP contribution in [0.25, 0.3) is 0 Å². The van der Waals surface area contributed by atoms with Gasteiger partial charge in [0.2, 0.25) is 0 Å². The Balaban J connectivity index is 1.81. The summed E-state index contributed by atoms with van der Waals surface area (Å²) < 4.78 is 0. The normalized spacial score (nSPS) is 19.8. The van der Waals surface area contributed by atoms with Gasteiger partial charge in [0.15, 0.2) is 0 Å². The molecule has 3 rings (SSSR count). The molecule has 0 heteroatoms. The number of hydrogen-bond acceptors (Lipinski definition) is 0. The SMILES string of the molecule is CCCCC#CC1[C+](c2ccccc2)C1c1ccccc1. The maximum absolute atomic E-state index is 3.50. The fourth-order valence-corrected chi connectivity index (χ4v) is 2.89. The molecular formula is C21H21+. The van der Waals surface area contributed by atoms with Crippen molar-refractivity contribution in [1.82, 2.24) is 0 Å². The van der Waals surface area contributed by atoms with Crippen molar-refractivity contribution in [1.29, 1.82) is 0 Å². The summed E-state index contributed by atoms with van der Waals surface area (Å²) >= 11 is 0. The first-order valence-corrected chi connectivity index (χ1v) is 7.87. The fourth-order valence-electron chi connectivity index (χ4n) is 2.89. The Bertz CT molecular complexity index is 570. The summed E-state index contributed by atoms with van der Waals surface area (Å²) in [5.74, 6) is 9.27. The number of hydrogen-bond donors (Lipinski definition) is 0. The van der Waals surface area contributed by atoms with Gasteiger partial charge in [-0.1, -0.05) is 49.6 Å². The lowest BCUT2D eigenvalue weighted by molar-refractivity contribution is 0.826. The van der Waals surface area contributed by atoms with Gasteiger partial charge in [0, 0.05) is 18.6 Å². The minimum Gasteiger partial charge on any atom is -0.101 e. The Labute approximate surface area is 128 Å². The van der Waals surface area contributed by atoms with E-state index in [-0.39, 0.29) is 0 Å². The molecule has 0 aromatic heterocycles. The molecule has 2 aromatic carbocycles. The number of unbranched alkanes of at least 4 members (excludes halogenated alkanes) is 2. The van der Waals surface area contributed by atoms with E-state index in [1.54, 1.807) is 0 Å². The lowest BCUT2D eigenvalue weighted by atomic mass is 10.0. The average molecular weight is 273 g/mol. The van der Waals surface area contributed by atoms with E-state index in [0.29, 0.717) is 11.8 Å². The second-order valence-corrected chi connectivity index (χ2v) is 5.61. The van der Waals surface area contributed by atoms with Crippen molar-refractivity contribution in [3.8, 4) is 11.8 Å². The third-order valence-corrected chi connectivity index (χ3v) is 4.07. The molecule has 2 unspecified atom stereocenters. The van der Waals surface area contributed by atoms with Crippen molar-refractivity contribution in [3.05, 3.63) is 77.7 Å². The van der Waals surface area contributed by atoms with Gasteiger partial charge in [-0.25, -0.2) is 0 Å². The van der Waals surface area contributed by atoms with Crippen LogP contribution in [0.15, 0.2) is 60.7 Å². The van der Waals surface area contributed by atoms with E-state index in [1.165, 1.54) is 29.9 Å². The molecule has 1 fully saturated rings. The van der Waals surface area contributed by atoms with Gasteiger partial charge in [-0.3, -0.25) is 0 Å². The summed E-state index contributed by atoms with van der Waals surface area (Å²) in [6.07, 6.45) is 3.45. The Kier molecular flexibility index (Phi) is 4.31. The second-order valence-electron chi connectivity index (χ2n) is 5.61. The first kappa shape index (κ1) is 13.8. The van der Waals surface area contributed by atoms with Gasteiger partial charge < -0.3 is 0 Å². The number of rotatable bonds is 4. The molecule has 0 heterocycles. The molecule has 1 aliphatic rings. The maximum Gasteiger partial charge on any atom is 0.134 e. The smallest absolute Gasteiger partial charge is 0.101 e. The molecule has 1 aliphatic carbocycles. The highest BCUT2D eigenvalue weighted by molar-refractivity contribution is 5.56. The Hall–Kier alpha value is -2.13. The molecule has 2 aromatic rings. The van der Waals surface area contributed by atoms with Crippen molar-refractivity contribution < 1.29 is 0 Å². The average Bonchev–Trinajstić information content (AvgIpc) is 3.27. The predicted molar refractivity (Wildman–Crippen MR) is 88.8 cm³/mol. The lowest BCUT2D eigenvalue weighted by Gasteiger charge is -1.94. The standard InChI is InChI=1S/C21H21/c1-2-3-4-11-16-19-20(17-12-7-5-8-13-17)21(19)18-14-9-6-10-15-18/h5-10,12-15,19-20H,2-4H2,1H3/q+1. The molecule has 0 spiro atoms. The third-order valence-electron chi connectivity index (χ3n) is 4.07. The lowest BCUT2D eigenvalue weighted by Crippen LogP contribution is -1.83. The monoisotopic (exact) mass is 273 g/mol. The van der Waals surface area contributed by atoms with Crippen molar-refractivity contribution in [3.63, 3.8) is 0 Å². The van der Waals surface area contributed by atoms with Crippen LogP contribution in [0.2, 0.25) is 0 Å². The van der Waals surface area contributed by atoms with Gasteiger partial charge in [0.05, 0.1) is 11.8 Å². The summed E-state index contributed by atoms with van der Waals surface area (Å²) in [5.41, 5.74) is 2.74. The van der Waals surface area contributed by atoms with Crippen molar-refractivity contribution in [2.24, 2.45) is 5.92 Å². The molecule has 0 bridgehead atoms. The zero-order chi connectivity index (χ0) is 14.5. The fraction of sp³-hybridized carbons (Fsp3) is 0.286. The van der Waals surface area contributed by atoms with Crippen LogP contribution in [-0.2, 0) is 0 Å². The minimum atomic E-state index is 0.409. The zero-order valence-electron chi connectivity index (χ0n) is 12.5. The topological polar surface area (TPSA) is 0 Å². The zero-order valence-corrected chi connectivity index (χ0v) is 12.5. The van der Waals surface area contributed by atoms with E-state index in [2.05, 4.69) is 79.4 Å². The summed E-state index contributed by atoms with van der Waals surface area (Å²) in [5, 5.41) is 0. The highest BCUT2D eigenvalue weighted by Crippen LogP contribution is 2.59. The molecule has 0 N–H and O–H groups in total. The summed E-state index contributed by atoms with van der Waals surface area (Å²) in [6, 6.07) is 21.5. The van der Waals surface area contributed by atoms with Crippen molar-refractivity contribution in [2.45, 2.75) is 32.1 Å². The first-order valence-electron chi connectivity index (χ1n) is 7.87. The summed E-state index contributed by atoms with van der Waals surface area (Å²) in [6.45, 7) is 2.22. The van der Waals surface area contributed by atoms with Gasteiger partial charge in [-0.2, -0.15) is 0 Å². The molecule has 0 amide bonds. The van der Waals surface area contributed by atoms with E-state index in [4.69, 9.17) is 0 Å². The quantitative estimate of drug-likeness (QED) is 0.407. The van der Waals surface area contributed by atoms with Gasteiger partial charge in [0.1, 0.15) is 11.5 Å². The molecular weight excluding hydrogens is 252 g/mol. The van der Waals surface area contributed by atoms with Crippen LogP contribution in [0.5, 0.6) is 0 Å². The van der Waals surface area contributed by atoms with Gasteiger partial charge in [-0.15, -0.1) is 5.92 Å². The molecule has 21 heavy (non-hydrogen) atoms. The van der Waals surface area contributed by atoms with Gasteiger partial charge in [0.25, 0.3) is 0 Å². The Morgan fingerprint density at radius 2 is 1.62 bits per heavy atom. The van der Waals surface area contributed by atoms with Crippen LogP contribution in [0.3, 0.4) is 0 Å². The largest absolute Gasteiger partial charge is 0.134 e. The van der Waals surface area contributed by atoms with Crippen LogP contribution < -0.4 is 0 Å². The van der Waals surface area contributed by atoms with Crippen LogP contribution in [-0.4, -0.2) is 0 Å². The molecule has 104 valence electrons. The van der Waals surface area contributed by atoms with Crippen LogP contribution in [0, 0.1) is 23.7 Å². The van der Waals surface area contributed by atoms with E-state index in [1.807, 2.05) is 0 Å². The Morgan fingerprint density at radius 1 is 0.952 bits per heavy atom. The van der Waals surface area contributed by atoms with Crippen molar-refractivity contribution in [2.75, 3.05) is 0 Å². The summed E-state index contributed by atoms with van der Waals surface area (Å²) in [4.78, 5) is 0. The molecule has 1 saturated carbocycles. The maximum atomic E-state index is 3.50. The first-order chi connectivity index (χ1) is 10.4. The van der Waals surface area contributed by atoms with Gasteiger partial charge >= 0.3 is 0 Å². The predicted octanol–water partition coefficient (Wildman–Crippen LogP) is 5.22. The van der Waals surface area contributed by atoms with Crippen molar-refractivity contribution >= 4 is 0 Å².